The van der Waals surface area contributed by atoms with Crippen molar-refractivity contribution in [1.29, 1.82) is 0 Å². The van der Waals surface area contributed by atoms with Crippen LogP contribution in [0, 0.1) is 0 Å². The van der Waals surface area contributed by atoms with Gasteiger partial charge in [-0.3, -0.25) is 0 Å². The minimum absolute atomic E-state index is 0.436. The SMILES string of the molecule is c1ccc2[nH]c(-c3cnc4sc(NC5CCOCC5)nn34)cc2c1. The molecule has 1 saturated heterocycles. The molecule has 122 valence electrons. The predicted molar refractivity (Wildman–Crippen MR) is 95.6 cm³/mol. The maximum atomic E-state index is 5.41. The fourth-order valence-corrected chi connectivity index (χ4v) is 4.01. The van der Waals surface area contributed by atoms with E-state index in [1.807, 2.05) is 22.8 Å². The van der Waals surface area contributed by atoms with Gasteiger partial charge in [0.25, 0.3) is 0 Å². The molecule has 4 heterocycles. The van der Waals surface area contributed by atoms with Gasteiger partial charge < -0.3 is 15.0 Å². The predicted octanol–water partition coefficient (Wildman–Crippen LogP) is 3.53. The van der Waals surface area contributed by atoms with Gasteiger partial charge in [-0.2, -0.15) is 4.52 Å². The van der Waals surface area contributed by atoms with Gasteiger partial charge in [0.05, 0.1) is 11.9 Å². The van der Waals surface area contributed by atoms with Gasteiger partial charge in [0.15, 0.2) is 0 Å². The maximum Gasteiger partial charge on any atom is 0.214 e. The second kappa shape index (κ2) is 5.61. The summed E-state index contributed by atoms with van der Waals surface area (Å²) >= 11 is 1.59. The summed E-state index contributed by atoms with van der Waals surface area (Å²) in [6, 6.07) is 10.8. The quantitative estimate of drug-likeness (QED) is 0.599. The molecule has 0 aliphatic carbocycles. The zero-order chi connectivity index (χ0) is 15.9. The summed E-state index contributed by atoms with van der Waals surface area (Å²) in [7, 11) is 0. The molecule has 1 aliphatic heterocycles. The van der Waals surface area contributed by atoms with E-state index in [0.717, 1.165) is 53.1 Å². The molecule has 1 aromatic carbocycles. The summed E-state index contributed by atoms with van der Waals surface area (Å²) in [6.07, 6.45) is 3.93. The van der Waals surface area contributed by atoms with Gasteiger partial charge in [0.2, 0.25) is 10.1 Å². The number of benzene rings is 1. The molecule has 3 aromatic heterocycles. The molecule has 4 aromatic rings. The van der Waals surface area contributed by atoms with Crippen LogP contribution in [0.3, 0.4) is 0 Å². The lowest BCUT2D eigenvalue weighted by Crippen LogP contribution is -2.27. The monoisotopic (exact) mass is 339 g/mol. The van der Waals surface area contributed by atoms with E-state index in [9.17, 15) is 0 Å². The molecule has 1 fully saturated rings. The van der Waals surface area contributed by atoms with E-state index in [2.05, 4.69) is 33.5 Å². The van der Waals surface area contributed by atoms with Crippen molar-refractivity contribution < 1.29 is 4.74 Å². The highest BCUT2D eigenvalue weighted by molar-refractivity contribution is 7.20. The van der Waals surface area contributed by atoms with E-state index < -0.39 is 0 Å². The van der Waals surface area contributed by atoms with E-state index in [0.29, 0.717) is 6.04 Å². The van der Waals surface area contributed by atoms with Crippen molar-refractivity contribution >= 4 is 32.3 Å². The molecule has 0 amide bonds. The Kier molecular flexibility index (Phi) is 3.27. The van der Waals surface area contributed by atoms with Gasteiger partial charge in [-0.25, -0.2) is 4.98 Å². The number of aromatic nitrogens is 4. The number of H-pyrrole nitrogens is 1. The molecule has 2 N–H and O–H groups in total. The van der Waals surface area contributed by atoms with Crippen molar-refractivity contribution in [3.63, 3.8) is 0 Å². The lowest BCUT2D eigenvalue weighted by molar-refractivity contribution is 0.0904. The summed E-state index contributed by atoms with van der Waals surface area (Å²) in [5.74, 6) is 0. The van der Waals surface area contributed by atoms with Gasteiger partial charge in [0, 0.05) is 30.2 Å². The second-order valence-electron chi connectivity index (χ2n) is 6.05. The van der Waals surface area contributed by atoms with Crippen molar-refractivity contribution in [2.24, 2.45) is 0 Å². The number of rotatable bonds is 3. The van der Waals surface area contributed by atoms with Gasteiger partial charge in [-0.15, -0.1) is 5.10 Å². The zero-order valence-corrected chi connectivity index (χ0v) is 13.8. The van der Waals surface area contributed by atoms with Crippen molar-refractivity contribution in [1.82, 2.24) is 19.6 Å². The summed E-state index contributed by atoms with van der Waals surface area (Å²) in [5.41, 5.74) is 3.14. The molecule has 5 rings (SSSR count). The van der Waals surface area contributed by atoms with E-state index >= 15 is 0 Å². The lowest BCUT2D eigenvalue weighted by Gasteiger charge is -2.22. The van der Waals surface area contributed by atoms with Crippen LogP contribution in [0.2, 0.25) is 0 Å². The second-order valence-corrected chi connectivity index (χ2v) is 7.00. The number of nitrogens with one attached hydrogen (secondary N) is 2. The van der Waals surface area contributed by atoms with Crippen LogP contribution in [-0.4, -0.2) is 38.8 Å². The van der Waals surface area contributed by atoms with E-state index in [1.54, 1.807) is 11.3 Å². The van der Waals surface area contributed by atoms with Crippen LogP contribution in [0.15, 0.2) is 36.5 Å². The minimum atomic E-state index is 0.436. The average molecular weight is 339 g/mol. The third-order valence-electron chi connectivity index (χ3n) is 4.44. The van der Waals surface area contributed by atoms with E-state index in [1.165, 1.54) is 5.39 Å². The van der Waals surface area contributed by atoms with Gasteiger partial charge in [-0.05, 0) is 25.0 Å². The highest BCUT2D eigenvalue weighted by atomic mass is 32.1. The Hall–Kier alpha value is -2.38. The summed E-state index contributed by atoms with van der Waals surface area (Å²) < 4.78 is 7.32. The topological polar surface area (TPSA) is 67.2 Å². The number of aromatic amines is 1. The Balaban J connectivity index is 1.50. The summed E-state index contributed by atoms with van der Waals surface area (Å²) in [4.78, 5) is 8.86. The molecule has 0 saturated carbocycles. The molecule has 0 radical (unpaired) electrons. The number of anilines is 1. The van der Waals surface area contributed by atoms with E-state index in [4.69, 9.17) is 9.84 Å². The van der Waals surface area contributed by atoms with Gasteiger partial charge >= 0.3 is 0 Å². The van der Waals surface area contributed by atoms with Crippen molar-refractivity contribution in [3.05, 3.63) is 36.5 Å². The summed E-state index contributed by atoms with van der Waals surface area (Å²) in [5, 5.41) is 10.3. The highest BCUT2D eigenvalue weighted by Gasteiger charge is 2.17. The molecule has 24 heavy (non-hydrogen) atoms. The van der Waals surface area contributed by atoms with Crippen LogP contribution in [0.1, 0.15) is 12.8 Å². The number of ether oxygens (including phenoxy) is 1. The fraction of sp³-hybridized carbons (Fsp3) is 0.294. The van der Waals surface area contributed by atoms with Crippen LogP contribution < -0.4 is 5.32 Å². The van der Waals surface area contributed by atoms with Crippen LogP contribution in [0.5, 0.6) is 0 Å². The molecular weight excluding hydrogens is 322 g/mol. The molecule has 7 heteroatoms. The molecule has 1 aliphatic rings. The molecular formula is C17H17N5OS. The number of para-hydroxylation sites is 1. The Morgan fingerprint density at radius 3 is 3.00 bits per heavy atom. The van der Waals surface area contributed by atoms with Gasteiger partial charge in [-0.1, -0.05) is 29.5 Å². The molecule has 0 atom stereocenters. The maximum absolute atomic E-state index is 5.41. The molecule has 0 spiro atoms. The number of imidazole rings is 1. The van der Waals surface area contributed by atoms with Crippen LogP contribution in [-0.2, 0) is 4.74 Å². The van der Waals surface area contributed by atoms with Crippen molar-refractivity contribution in [3.8, 4) is 11.4 Å². The molecule has 0 bridgehead atoms. The number of hydrogen-bond donors (Lipinski definition) is 2. The lowest BCUT2D eigenvalue weighted by atomic mass is 10.1. The van der Waals surface area contributed by atoms with Crippen molar-refractivity contribution in [2.75, 3.05) is 18.5 Å². The van der Waals surface area contributed by atoms with E-state index in [-0.39, 0.29) is 0 Å². The van der Waals surface area contributed by atoms with Crippen LogP contribution in [0.25, 0.3) is 27.3 Å². The smallest absolute Gasteiger partial charge is 0.214 e. The summed E-state index contributed by atoms with van der Waals surface area (Å²) in [6.45, 7) is 1.64. The fourth-order valence-electron chi connectivity index (χ4n) is 3.16. The Morgan fingerprint density at radius 2 is 2.12 bits per heavy atom. The zero-order valence-electron chi connectivity index (χ0n) is 13.0. The average Bonchev–Trinajstić information content (AvgIpc) is 3.28. The van der Waals surface area contributed by atoms with Gasteiger partial charge in [0.1, 0.15) is 5.69 Å². The minimum Gasteiger partial charge on any atom is -0.381 e. The Bertz CT molecular complexity index is 962. The first-order chi connectivity index (χ1) is 11.9. The number of nitrogens with zero attached hydrogens (tertiary/aromatic N) is 3. The molecule has 6 nitrogen and oxygen atoms in total. The first-order valence-electron chi connectivity index (χ1n) is 8.14. The normalized spacial score (nSPS) is 16.2. The first-order valence-corrected chi connectivity index (χ1v) is 8.95. The third-order valence-corrected chi connectivity index (χ3v) is 5.29. The van der Waals surface area contributed by atoms with Crippen LogP contribution >= 0.6 is 11.3 Å². The molecule has 0 unspecified atom stereocenters. The standard InChI is InChI=1S/C17H17N5OS/c1-2-4-13-11(3-1)9-14(20-13)15-10-18-17-22(15)21-16(24-17)19-12-5-7-23-8-6-12/h1-4,9-10,12,20H,5-8H2,(H,19,21). The number of hydrogen-bond acceptors (Lipinski definition) is 5. The number of fused-ring (bicyclic) bond motifs is 2. The van der Waals surface area contributed by atoms with Crippen LogP contribution in [0.4, 0.5) is 5.13 Å². The third kappa shape index (κ3) is 2.37. The van der Waals surface area contributed by atoms with Crippen molar-refractivity contribution in [2.45, 2.75) is 18.9 Å². The first kappa shape index (κ1) is 14.0. The largest absolute Gasteiger partial charge is 0.381 e. The Morgan fingerprint density at radius 1 is 1.25 bits per heavy atom. The highest BCUT2D eigenvalue weighted by Crippen LogP contribution is 2.28. The Labute approximate surface area is 142 Å².